The van der Waals surface area contributed by atoms with Gasteiger partial charge >= 0.3 is 0 Å². The molecular weight excluding hydrogens is 364 g/mol. The number of fused-ring (bicyclic) bond motifs is 2. The summed E-state index contributed by atoms with van der Waals surface area (Å²) in [6.07, 6.45) is 2.20. The van der Waals surface area contributed by atoms with Crippen LogP contribution in [0.15, 0.2) is 60.7 Å². The van der Waals surface area contributed by atoms with Gasteiger partial charge in [-0.05, 0) is 41.1 Å². The highest BCUT2D eigenvalue weighted by molar-refractivity contribution is 5.94. The Morgan fingerprint density at radius 1 is 0.966 bits per heavy atom. The summed E-state index contributed by atoms with van der Waals surface area (Å²) in [5.74, 6) is 1.69. The van der Waals surface area contributed by atoms with Gasteiger partial charge in [0, 0.05) is 24.1 Å². The third-order valence-electron chi connectivity index (χ3n) is 5.87. The molecule has 0 bridgehead atoms. The lowest BCUT2D eigenvalue weighted by Gasteiger charge is -2.24. The number of rotatable bonds is 4. The summed E-state index contributed by atoms with van der Waals surface area (Å²) in [5, 5.41) is 5.39. The van der Waals surface area contributed by atoms with Gasteiger partial charge in [0.1, 0.15) is 19.3 Å². The van der Waals surface area contributed by atoms with Crippen molar-refractivity contribution in [2.24, 2.45) is 0 Å². The number of carbonyl (C=O) groups excluding carboxylic acids is 1. The van der Waals surface area contributed by atoms with E-state index in [4.69, 9.17) is 9.47 Å². The van der Waals surface area contributed by atoms with Gasteiger partial charge in [0.2, 0.25) is 0 Å². The molecule has 1 amide bonds. The normalized spacial score (nSPS) is 20.6. The molecule has 2 heterocycles. The monoisotopic (exact) mass is 389 g/mol. The predicted molar refractivity (Wildman–Crippen MR) is 113 cm³/mol. The van der Waals surface area contributed by atoms with Crippen LogP contribution in [0.1, 0.15) is 24.4 Å². The standard InChI is InChI=1S/C24H24N2O3/c27-24(25-20-9-7-17-4-1-2-5-18(17)14-20)16-26-11-3-6-21(26)19-8-10-22-23(15-19)29-13-12-28-22/h1-2,4-5,7-10,14-15,21H,3,6,11-13,16H2,(H,25,27)/p+1/t21-/m0/s1. The van der Waals surface area contributed by atoms with Crippen molar-refractivity contribution < 1.29 is 19.2 Å². The van der Waals surface area contributed by atoms with E-state index >= 15 is 0 Å². The number of quaternary nitrogens is 1. The van der Waals surface area contributed by atoms with Crippen molar-refractivity contribution in [2.45, 2.75) is 18.9 Å². The zero-order valence-electron chi connectivity index (χ0n) is 16.3. The fourth-order valence-corrected chi connectivity index (χ4v) is 4.48. The third kappa shape index (κ3) is 3.78. The van der Waals surface area contributed by atoms with Crippen molar-refractivity contribution in [3.05, 3.63) is 66.2 Å². The van der Waals surface area contributed by atoms with Crippen molar-refractivity contribution in [2.75, 3.05) is 31.6 Å². The Bertz CT molecular complexity index is 1050. The molecule has 3 aromatic rings. The summed E-state index contributed by atoms with van der Waals surface area (Å²) in [5.41, 5.74) is 2.07. The molecular formula is C24H25N2O3+. The molecule has 0 aromatic heterocycles. The lowest BCUT2D eigenvalue weighted by atomic mass is 10.0. The van der Waals surface area contributed by atoms with Gasteiger partial charge < -0.3 is 19.7 Å². The van der Waals surface area contributed by atoms with Crippen LogP contribution < -0.4 is 19.7 Å². The lowest BCUT2D eigenvalue weighted by molar-refractivity contribution is -0.910. The van der Waals surface area contributed by atoms with E-state index in [0.717, 1.165) is 42.0 Å². The van der Waals surface area contributed by atoms with E-state index in [1.165, 1.54) is 15.8 Å². The molecule has 5 heteroatoms. The van der Waals surface area contributed by atoms with Gasteiger partial charge in [0.15, 0.2) is 18.0 Å². The Labute approximate surface area is 170 Å². The van der Waals surface area contributed by atoms with Crippen LogP contribution >= 0.6 is 0 Å². The minimum Gasteiger partial charge on any atom is -0.486 e. The number of carbonyl (C=O) groups is 1. The Balaban J connectivity index is 1.28. The number of hydrogen-bond donors (Lipinski definition) is 2. The summed E-state index contributed by atoms with van der Waals surface area (Å²) in [4.78, 5) is 14.0. The molecule has 1 unspecified atom stereocenters. The SMILES string of the molecule is O=C(C[NH+]1CCC[C@H]1c1ccc2c(c1)OCCO2)Nc1ccc2ccccc2c1. The molecule has 0 saturated carbocycles. The van der Waals surface area contributed by atoms with E-state index in [1.807, 2.05) is 36.4 Å². The molecule has 3 aromatic carbocycles. The molecule has 148 valence electrons. The van der Waals surface area contributed by atoms with E-state index in [1.54, 1.807) is 0 Å². The number of anilines is 1. The summed E-state index contributed by atoms with van der Waals surface area (Å²) >= 11 is 0. The van der Waals surface area contributed by atoms with Crippen molar-refractivity contribution >= 4 is 22.4 Å². The number of nitrogens with one attached hydrogen (secondary N) is 2. The van der Waals surface area contributed by atoms with E-state index in [9.17, 15) is 4.79 Å². The molecule has 0 spiro atoms. The van der Waals surface area contributed by atoms with Gasteiger partial charge in [0.25, 0.3) is 5.91 Å². The zero-order valence-corrected chi connectivity index (χ0v) is 16.3. The first-order valence-electron chi connectivity index (χ1n) is 10.3. The smallest absolute Gasteiger partial charge is 0.279 e. The van der Waals surface area contributed by atoms with E-state index in [2.05, 4.69) is 29.6 Å². The number of benzene rings is 3. The van der Waals surface area contributed by atoms with E-state index < -0.39 is 0 Å². The highest BCUT2D eigenvalue weighted by Gasteiger charge is 2.32. The first-order chi connectivity index (χ1) is 14.3. The van der Waals surface area contributed by atoms with Gasteiger partial charge in [-0.25, -0.2) is 0 Å². The number of ether oxygens (including phenoxy) is 2. The molecule has 2 atom stereocenters. The van der Waals surface area contributed by atoms with Crippen LogP contribution in [0.2, 0.25) is 0 Å². The van der Waals surface area contributed by atoms with Crippen molar-refractivity contribution in [3.63, 3.8) is 0 Å². The Morgan fingerprint density at radius 3 is 2.69 bits per heavy atom. The van der Waals surface area contributed by atoms with Crippen LogP contribution in [0.4, 0.5) is 5.69 Å². The number of hydrogen-bond acceptors (Lipinski definition) is 3. The first kappa shape index (κ1) is 18.0. The molecule has 5 nitrogen and oxygen atoms in total. The van der Waals surface area contributed by atoms with Gasteiger partial charge in [-0.15, -0.1) is 0 Å². The Hall–Kier alpha value is -3.05. The van der Waals surface area contributed by atoms with Crippen LogP contribution in [-0.2, 0) is 4.79 Å². The molecule has 5 rings (SSSR count). The Morgan fingerprint density at radius 2 is 1.79 bits per heavy atom. The minimum atomic E-state index is 0.0553. The second-order valence-electron chi connectivity index (χ2n) is 7.79. The predicted octanol–water partition coefficient (Wildman–Crippen LogP) is 2.97. The Kier molecular flexibility index (Phi) is 4.82. The molecule has 1 saturated heterocycles. The van der Waals surface area contributed by atoms with Gasteiger partial charge in [-0.1, -0.05) is 30.3 Å². The molecule has 0 aliphatic carbocycles. The summed E-state index contributed by atoms with van der Waals surface area (Å²) in [7, 11) is 0. The topological polar surface area (TPSA) is 52.0 Å². The second kappa shape index (κ2) is 7.76. The van der Waals surface area contributed by atoms with Crippen LogP contribution in [0.3, 0.4) is 0 Å². The highest BCUT2D eigenvalue weighted by Crippen LogP contribution is 2.33. The van der Waals surface area contributed by atoms with Gasteiger partial charge in [-0.2, -0.15) is 0 Å². The average molecular weight is 389 g/mol. The highest BCUT2D eigenvalue weighted by atomic mass is 16.6. The minimum absolute atomic E-state index is 0.0553. The first-order valence-corrected chi connectivity index (χ1v) is 10.3. The summed E-state index contributed by atoms with van der Waals surface area (Å²) in [6, 6.07) is 20.7. The van der Waals surface area contributed by atoms with E-state index in [0.29, 0.717) is 25.8 Å². The number of likely N-dealkylation sites (tertiary alicyclic amines) is 1. The average Bonchev–Trinajstić information content (AvgIpc) is 3.21. The van der Waals surface area contributed by atoms with Crippen molar-refractivity contribution in [3.8, 4) is 11.5 Å². The van der Waals surface area contributed by atoms with E-state index in [-0.39, 0.29) is 5.91 Å². The lowest BCUT2D eigenvalue weighted by Crippen LogP contribution is -3.11. The van der Waals surface area contributed by atoms with Gasteiger partial charge in [0.05, 0.1) is 6.54 Å². The maximum absolute atomic E-state index is 12.7. The fraction of sp³-hybridized carbons (Fsp3) is 0.292. The fourth-order valence-electron chi connectivity index (χ4n) is 4.48. The van der Waals surface area contributed by atoms with Gasteiger partial charge in [-0.3, -0.25) is 4.79 Å². The third-order valence-corrected chi connectivity index (χ3v) is 5.87. The van der Waals surface area contributed by atoms with Crippen LogP contribution in [-0.4, -0.2) is 32.2 Å². The molecule has 2 N–H and O–H groups in total. The largest absolute Gasteiger partial charge is 0.486 e. The van der Waals surface area contributed by atoms with Crippen LogP contribution in [0.25, 0.3) is 10.8 Å². The molecule has 0 radical (unpaired) electrons. The van der Waals surface area contributed by atoms with Crippen LogP contribution in [0, 0.1) is 0 Å². The number of amides is 1. The molecule has 2 aliphatic heterocycles. The molecule has 29 heavy (non-hydrogen) atoms. The zero-order chi connectivity index (χ0) is 19.6. The molecule has 2 aliphatic rings. The second-order valence-corrected chi connectivity index (χ2v) is 7.79. The quantitative estimate of drug-likeness (QED) is 0.721. The van der Waals surface area contributed by atoms with Crippen molar-refractivity contribution in [1.82, 2.24) is 0 Å². The molecule has 1 fully saturated rings. The maximum atomic E-state index is 12.7. The summed E-state index contributed by atoms with van der Waals surface area (Å²) in [6.45, 7) is 2.66. The van der Waals surface area contributed by atoms with Crippen LogP contribution in [0.5, 0.6) is 11.5 Å². The maximum Gasteiger partial charge on any atom is 0.279 e. The van der Waals surface area contributed by atoms with Crippen molar-refractivity contribution in [1.29, 1.82) is 0 Å². The summed E-state index contributed by atoms with van der Waals surface area (Å²) < 4.78 is 11.4.